The van der Waals surface area contributed by atoms with Crippen LogP contribution in [0, 0.1) is 5.92 Å². The fraction of sp³-hybridized carbons (Fsp3) is 0.818. The molecule has 1 aliphatic heterocycles. The molecule has 0 bridgehead atoms. The van der Waals surface area contributed by atoms with E-state index in [4.69, 9.17) is 0 Å². The van der Waals surface area contributed by atoms with E-state index >= 15 is 0 Å². The molecular formula is C11H16F3N3S. The van der Waals surface area contributed by atoms with Crippen molar-refractivity contribution < 1.29 is 13.2 Å². The second-order valence-electron chi connectivity index (χ2n) is 4.90. The third-order valence-electron chi connectivity index (χ3n) is 3.08. The number of aromatic nitrogens is 2. The molecule has 1 aliphatic rings. The van der Waals surface area contributed by atoms with Crippen molar-refractivity contribution in [3.63, 3.8) is 0 Å². The monoisotopic (exact) mass is 279 g/mol. The molecule has 18 heavy (non-hydrogen) atoms. The summed E-state index contributed by atoms with van der Waals surface area (Å²) in [5.41, 5.74) is 0. The normalized spacial score (nSPS) is 21.7. The van der Waals surface area contributed by atoms with E-state index in [1.807, 2.05) is 13.8 Å². The smallest absolute Gasteiger partial charge is 0.346 e. The topological polar surface area (TPSA) is 29.0 Å². The third-order valence-corrected chi connectivity index (χ3v) is 4.36. The fourth-order valence-electron chi connectivity index (χ4n) is 2.01. The van der Waals surface area contributed by atoms with Crippen LogP contribution in [0.3, 0.4) is 0 Å². The Hall–Kier alpha value is -0.850. The first-order valence-corrected chi connectivity index (χ1v) is 6.84. The number of hydrogen-bond acceptors (Lipinski definition) is 4. The van der Waals surface area contributed by atoms with Crippen LogP contribution >= 0.6 is 11.3 Å². The summed E-state index contributed by atoms with van der Waals surface area (Å²) in [5.74, 6) is -0.975. The van der Waals surface area contributed by atoms with Gasteiger partial charge >= 0.3 is 6.18 Å². The molecule has 0 amide bonds. The average Bonchev–Trinajstić information content (AvgIpc) is 2.77. The lowest BCUT2D eigenvalue weighted by molar-refractivity contribution is -0.175. The maximum absolute atomic E-state index is 12.7. The van der Waals surface area contributed by atoms with Crippen LogP contribution in [-0.2, 0) is 0 Å². The molecule has 2 rings (SSSR count). The van der Waals surface area contributed by atoms with Gasteiger partial charge in [0.15, 0.2) is 0 Å². The zero-order valence-electron chi connectivity index (χ0n) is 10.4. The molecule has 0 unspecified atom stereocenters. The molecular weight excluding hydrogens is 263 g/mol. The molecule has 0 aromatic carbocycles. The lowest BCUT2D eigenvalue weighted by Crippen LogP contribution is -2.41. The summed E-state index contributed by atoms with van der Waals surface area (Å²) in [6.45, 7) is 4.65. The van der Waals surface area contributed by atoms with Crippen molar-refractivity contribution in [2.24, 2.45) is 5.92 Å². The van der Waals surface area contributed by atoms with Crippen molar-refractivity contribution in [2.45, 2.75) is 38.8 Å². The van der Waals surface area contributed by atoms with Gasteiger partial charge < -0.3 is 4.90 Å². The Balaban J connectivity index is 2.08. The van der Waals surface area contributed by atoms with Gasteiger partial charge in [-0.05, 0) is 12.8 Å². The highest BCUT2D eigenvalue weighted by molar-refractivity contribution is 7.15. The molecule has 1 aromatic heterocycles. The summed E-state index contributed by atoms with van der Waals surface area (Å²) in [5, 5.41) is 9.52. The molecule has 0 N–H and O–H groups in total. The molecule has 0 aliphatic carbocycles. The van der Waals surface area contributed by atoms with E-state index in [1.165, 1.54) is 11.3 Å². The van der Waals surface area contributed by atoms with Gasteiger partial charge in [-0.2, -0.15) is 13.2 Å². The SMILES string of the molecule is CC(C)c1nnc(N2CCC[C@H](C(F)(F)F)C2)s1. The van der Waals surface area contributed by atoms with E-state index in [9.17, 15) is 13.2 Å². The Kier molecular flexibility index (Phi) is 3.79. The Morgan fingerprint density at radius 1 is 1.33 bits per heavy atom. The quantitative estimate of drug-likeness (QED) is 0.830. The molecule has 2 heterocycles. The van der Waals surface area contributed by atoms with Crippen LogP contribution in [0.4, 0.5) is 18.3 Å². The van der Waals surface area contributed by atoms with Crippen molar-refractivity contribution in [3.8, 4) is 0 Å². The van der Waals surface area contributed by atoms with Crippen molar-refractivity contribution in [1.29, 1.82) is 0 Å². The summed E-state index contributed by atoms with van der Waals surface area (Å²) in [7, 11) is 0. The number of piperidine rings is 1. The van der Waals surface area contributed by atoms with Crippen LogP contribution in [0.15, 0.2) is 0 Å². The Labute approximate surface area is 108 Å². The van der Waals surface area contributed by atoms with Gasteiger partial charge in [0.2, 0.25) is 5.13 Å². The van der Waals surface area contributed by atoms with Gasteiger partial charge in [0.25, 0.3) is 0 Å². The van der Waals surface area contributed by atoms with E-state index in [-0.39, 0.29) is 18.9 Å². The summed E-state index contributed by atoms with van der Waals surface area (Å²) in [6, 6.07) is 0. The third kappa shape index (κ3) is 2.93. The van der Waals surface area contributed by atoms with Crippen LogP contribution in [-0.4, -0.2) is 29.5 Å². The molecule has 0 saturated carbocycles. The number of nitrogens with zero attached hydrogens (tertiary/aromatic N) is 3. The first-order valence-electron chi connectivity index (χ1n) is 6.03. The van der Waals surface area contributed by atoms with E-state index in [1.54, 1.807) is 4.90 Å². The number of alkyl halides is 3. The Morgan fingerprint density at radius 3 is 2.61 bits per heavy atom. The first kappa shape index (κ1) is 13.6. The van der Waals surface area contributed by atoms with Gasteiger partial charge in [-0.3, -0.25) is 0 Å². The molecule has 102 valence electrons. The predicted octanol–water partition coefficient (Wildman–Crippen LogP) is 3.44. The lowest BCUT2D eigenvalue weighted by Gasteiger charge is -2.33. The molecule has 1 saturated heterocycles. The lowest BCUT2D eigenvalue weighted by atomic mass is 9.98. The molecule has 1 fully saturated rings. The maximum Gasteiger partial charge on any atom is 0.393 e. The van der Waals surface area contributed by atoms with Crippen LogP contribution in [0.25, 0.3) is 0 Å². The molecule has 0 radical (unpaired) electrons. The van der Waals surface area contributed by atoms with Gasteiger partial charge in [-0.15, -0.1) is 10.2 Å². The van der Waals surface area contributed by atoms with Crippen molar-refractivity contribution in [1.82, 2.24) is 10.2 Å². The molecule has 0 spiro atoms. The van der Waals surface area contributed by atoms with E-state index in [0.29, 0.717) is 18.1 Å². The average molecular weight is 279 g/mol. The maximum atomic E-state index is 12.7. The second-order valence-corrected chi connectivity index (χ2v) is 5.89. The van der Waals surface area contributed by atoms with Crippen LogP contribution in [0.2, 0.25) is 0 Å². The van der Waals surface area contributed by atoms with Crippen LogP contribution < -0.4 is 4.90 Å². The van der Waals surface area contributed by atoms with Gasteiger partial charge in [-0.25, -0.2) is 0 Å². The minimum atomic E-state index is -4.11. The van der Waals surface area contributed by atoms with Crippen molar-refractivity contribution in [3.05, 3.63) is 5.01 Å². The first-order chi connectivity index (χ1) is 8.38. The van der Waals surface area contributed by atoms with Crippen molar-refractivity contribution in [2.75, 3.05) is 18.0 Å². The number of rotatable bonds is 2. The highest BCUT2D eigenvalue weighted by Gasteiger charge is 2.42. The molecule has 7 heteroatoms. The minimum Gasteiger partial charge on any atom is -0.346 e. The summed E-state index contributed by atoms with van der Waals surface area (Å²) in [4.78, 5) is 1.71. The number of halogens is 3. The highest BCUT2D eigenvalue weighted by atomic mass is 32.1. The number of hydrogen-bond donors (Lipinski definition) is 0. The van der Waals surface area contributed by atoms with Gasteiger partial charge in [0.05, 0.1) is 5.92 Å². The molecule has 3 nitrogen and oxygen atoms in total. The predicted molar refractivity (Wildman–Crippen MR) is 65.0 cm³/mol. The zero-order valence-corrected chi connectivity index (χ0v) is 11.2. The summed E-state index contributed by atoms with van der Waals surface area (Å²) in [6.07, 6.45) is -3.33. The summed E-state index contributed by atoms with van der Waals surface area (Å²) >= 11 is 1.40. The molecule has 1 atom stereocenters. The van der Waals surface area contributed by atoms with Crippen molar-refractivity contribution >= 4 is 16.5 Å². The molecule has 1 aromatic rings. The summed E-state index contributed by atoms with van der Waals surface area (Å²) < 4.78 is 38.1. The largest absolute Gasteiger partial charge is 0.393 e. The fourth-order valence-corrected chi connectivity index (χ4v) is 2.89. The van der Waals surface area contributed by atoms with E-state index in [0.717, 1.165) is 5.01 Å². The van der Waals surface area contributed by atoms with Gasteiger partial charge in [0.1, 0.15) is 5.01 Å². The Morgan fingerprint density at radius 2 is 2.06 bits per heavy atom. The van der Waals surface area contributed by atoms with Gasteiger partial charge in [-0.1, -0.05) is 25.2 Å². The highest BCUT2D eigenvalue weighted by Crippen LogP contribution is 2.36. The van der Waals surface area contributed by atoms with E-state index in [2.05, 4.69) is 10.2 Å². The minimum absolute atomic E-state index is 0.0101. The number of anilines is 1. The van der Waals surface area contributed by atoms with Crippen LogP contribution in [0.5, 0.6) is 0 Å². The second kappa shape index (κ2) is 5.03. The Bertz CT molecular complexity index is 402. The van der Waals surface area contributed by atoms with Crippen LogP contribution in [0.1, 0.15) is 37.6 Å². The standard InChI is InChI=1S/C11H16F3N3S/c1-7(2)9-15-16-10(18-9)17-5-3-4-8(6-17)11(12,13)14/h7-8H,3-6H2,1-2H3/t8-/m0/s1. The van der Waals surface area contributed by atoms with E-state index < -0.39 is 12.1 Å². The zero-order chi connectivity index (χ0) is 13.3. The van der Waals surface area contributed by atoms with Gasteiger partial charge in [0, 0.05) is 19.0 Å².